The molecule has 0 aliphatic heterocycles. The molecule has 0 bridgehead atoms. The fourth-order valence-electron chi connectivity index (χ4n) is 2.40. The van der Waals surface area contributed by atoms with E-state index in [0.717, 1.165) is 25.1 Å². The van der Waals surface area contributed by atoms with Crippen molar-refractivity contribution in [1.82, 2.24) is 15.1 Å². The lowest BCUT2D eigenvalue weighted by Gasteiger charge is -2.20. The Morgan fingerprint density at radius 1 is 1.50 bits per heavy atom. The summed E-state index contributed by atoms with van der Waals surface area (Å²) in [4.78, 5) is 12.0. The van der Waals surface area contributed by atoms with Gasteiger partial charge in [0.2, 0.25) is 5.91 Å². The molecule has 0 saturated heterocycles. The summed E-state index contributed by atoms with van der Waals surface area (Å²) in [6.07, 6.45) is 7.43. The van der Waals surface area contributed by atoms with Crippen LogP contribution in [-0.4, -0.2) is 15.7 Å². The van der Waals surface area contributed by atoms with Crippen molar-refractivity contribution in [3.8, 4) is 0 Å². The minimum absolute atomic E-state index is 0.150. The summed E-state index contributed by atoms with van der Waals surface area (Å²) in [6, 6.07) is 0. The number of rotatable bonds is 4. The molecule has 0 unspecified atom stereocenters. The van der Waals surface area contributed by atoms with E-state index in [9.17, 15) is 4.79 Å². The maximum atomic E-state index is 12.0. The van der Waals surface area contributed by atoms with Gasteiger partial charge in [-0.1, -0.05) is 30.9 Å². The number of hydrogen-bond acceptors (Lipinski definition) is 2. The molecule has 4 nitrogen and oxygen atoms in total. The average molecular weight is 270 g/mol. The molecule has 100 valence electrons. The molecule has 1 aromatic rings. The highest BCUT2D eigenvalue weighted by atomic mass is 35.5. The van der Waals surface area contributed by atoms with Crippen molar-refractivity contribution >= 4 is 17.5 Å². The van der Waals surface area contributed by atoms with Crippen molar-refractivity contribution in [2.24, 2.45) is 5.92 Å². The van der Waals surface area contributed by atoms with Gasteiger partial charge in [0.15, 0.2) is 0 Å². The quantitative estimate of drug-likeness (QED) is 0.914. The Balaban J connectivity index is 1.86. The molecule has 1 aliphatic carbocycles. The average Bonchev–Trinajstić information content (AvgIpc) is 2.77. The maximum absolute atomic E-state index is 12.0. The van der Waals surface area contributed by atoms with Gasteiger partial charge >= 0.3 is 0 Å². The number of nitrogens with zero attached hydrogens (tertiary/aromatic N) is 2. The molecule has 5 heteroatoms. The molecule has 0 atom stereocenters. The Labute approximate surface area is 113 Å². The summed E-state index contributed by atoms with van der Waals surface area (Å²) in [5, 5.41) is 7.89. The molecule has 0 aromatic carbocycles. The van der Waals surface area contributed by atoms with Gasteiger partial charge in [0.25, 0.3) is 0 Å². The topological polar surface area (TPSA) is 46.9 Å². The van der Waals surface area contributed by atoms with E-state index in [-0.39, 0.29) is 11.8 Å². The first-order valence-corrected chi connectivity index (χ1v) is 7.08. The lowest BCUT2D eigenvalue weighted by molar-refractivity contribution is -0.126. The zero-order valence-electron chi connectivity index (χ0n) is 10.8. The van der Waals surface area contributed by atoms with E-state index in [1.54, 1.807) is 10.9 Å². The molecule has 1 heterocycles. The van der Waals surface area contributed by atoms with Crippen LogP contribution in [0.2, 0.25) is 5.02 Å². The van der Waals surface area contributed by atoms with Crippen molar-refractivity contribution in [2.45, 2.75) is 52.1 Å². The molecule has 0 radical (unpaired) electrons. The number of amides is 1. The SMILES string of the molecule is CCn1cc(Cl)c(CNC(=O)C2CCCCC2)n1. The minimum atomic E-state index is 0.150. The lowest BCUT2D eigenvalue weighted by atomic mass is 9.89. The van der Waals surface area contributed by atoms with Crippen LogP contribution in [0.15, 0.2) is 6.20 Å². The van der Waals surface area contributed by atoms with Crippen LogP contribution >= 0.6 is 11.6 Å². The predicted molar refractivity (Wildman–Crippen MR) is 71.3 cm³/mol. The monoisotopic (exact) mass is 269 g/mol. The normalized spacial score (nSPS) is 16.8. The number of carbonyl (C=O) groups is 1. The van der Waals surface area contributed by atoms with Crippen LogP contribution in [0.3, 0.4) is 0 Å². The predicted octanol–water partition coefficient (Wildman–Crippen LogP) is 2.75. The Hall–Kier alpha value is -1.03. The van der Waals surface area contributed by atoms with E-state index in [0.29, 0.717) is 11.6 Å². The van der Waals surface area contributed by atoms with E-state index in [1.165, 1.54) is 19.3 Å². The largest absolute Gasteiger partial charge is 0.350 e. The second-order valence-electron chi connectivity index (χ2n) is 4.83. The van der Waals surface area contributed by atoms with Crippen LogP contribution in [0.1, 0.15) is 44.7 Å². The van der Waals surface area contributed by atoms with Crippen LogP contribution in [0.4, 0.5) is 0 Å². The van der Waals surface area contributed by atoms with Crippen molar-refractivity contribution in [3.63, 3.8) is 0 Å². The second-order valence-corrected chi connectivity index (χ2v) is 5.24. The third-order valence-corrected chi connectivity index (χ3v) is 3.83. The molecule has 1 aromatic heterocycles. The Bertz CT molecular complexity index is 410. The number of nitrogens with one attached hydrogen (secondary N) is 1. The first kappa shape index (κ1) is 13.4. The first-order valence-electron chi connectivity index (χ1n) is 6.70. The molecular formula is C13H20ClN3O. The van der Waals surface area contributed by atoms with Crippen LogP contribution in [0.25, 0.3) is 0 Å². The van der Waals surface area contributed by atoms with Gasteiger partial charge in [0, 0.05) is 18.7 Å². The van der Waals surface area contributed by atoms with Crippen molar-refractivity contribution < 1.29 is 4.79 Å². The van der Waals surface area contributed by atoms with E-state index >= 15 is 0 Å². The Morgan fingerprint density at radius 3 is 2.83 bits per heavy atom. The number of halogens is 1. The molecule has 0 spiro atoms. The maximum Gasteiger partial charge on any atom is 0.223 e. The third-order valence-electron chi connectivity index (χ3n) is 3.52. The molecule has 1 amide bonds. The van der Waals surface area contributed by atoms with Crippen LogP contribution in [-0.2, 0) is 17.9 Å². The smallest absolute Gasteiger partial charge is 0.223 e. The Morgan fingerprint density at radius 2 is 2.22 bits per heavy atom. The fraction of sp³-hybridized carbons (Fsp3) is 0.692. The van der Waals surface area contributed by atoms with Crippen molar-refractivity contribution in [2.75, 3.05) is 0 Å². The minimum Gasteiger partial charge on any atom is -0.350 e. The van der Waals surface area contributed by atoms with Crippen LogP contribution in [0, 0.1) is 5.92 Å². The Kier molecular flexibility index (Phi) is 4.64. The van der Waals surface area contributed by atoms with Gasteiger partial charge in [-0.25, -0.2) is 0 Å². The van der Waals surface area contributed by atoms with Gasteiger partial charge in [-0.05, 0) is 19.8 Å². The van der Waals surface area contributed by atoms with Crippen molar-refractivity contribution in [3.05, 3.63) is 16.9 Å². The van der Waals surface area contributed by atoms with E-state index < -0.39 is 0 Å². The second kappa shape index (κ2) is 6.23. The molecule has 2 rings (SSSR count). The van der Waals surface area contributed by atoms with Crippen molar-refractivity contribution in [1.29, 1.82) is 0 Å². The standard InChI is InChI=1S/C13H20ClN3O/c1-2-17-9-11(14)12(16-17)8-15-13(18)10-6-4-3-5-7-10/h9-10H,2-8H2,1H3,(H,15,18). The highest BCUT2D eigenvalue weighted by molar-refractivity contribution is 6.31. The molecule has 1 fully saturated rings. The molecule has 1 saturated carbocycles. The van der Waals surface area contributed by atoms with Gasteiger partial charge in [-0.15, -0.1) is 0 Å². The van der Waals surface area contributed by atoms with Gasteiger partial charge in [-0.2, -0.15) is 5.10 Å². The highest BCUT2D eigenvalue weighted by Crippen LogP contribution is 2.23. The fourth-order valence-corrected chi connectivity index (χ4v) is 2.62. The summed E-state index contributed by atoms with van der Waals surface area (Å²) in [5.41, 5.74) is 0.752. The van der Waals surface area contributed by atoms with Gasteiger partial charge in [-0.3, -0.25) is 9.48 Å². The zero-order chi connectivity index (χ0) is 13.0. The number of hydrogen-bond donors (Lipinski definition) is 1. The number of aryl methyl sites for hydroxylation is 1. The summed E-state index contributed by atoms with van der Waals surface area (Å²) < 4.78 is 1.78. The summed E-state index contributed by atoms with van der Waals surface area (Å²) in [5.74, 6) is 0.336. The van der Waals surface area contributed by atoms with Gasteiger partial charge < -0.3 is 5.32 Å². The summed E-state index contributed by atoms with van der Waals surface area (Å²) >= 11 is 6.06. The van der Waals surface area contributed by atoms with Crippen LogP contribution in [0.5, 0.6) is 0 Å². The van der Waals surface area contributed by atoms with E-state index in [1.807, 2.05) is 6.92 Å². The lowest BCUT2D eigenvalue weighted by Crippen LogP contribution is -2.31. The first-order chi connectivity index (χ1) is 8.70. The summed E-state index contributed by atoms with van der Waals surface area (Å²) in [7, 11) is 0. The highest BCUT2D eigenvalue weighted by Gasteiger charge is 2.21. The van der Waals surface area contributed by atoms with Gasteiger partial charge in [0.1, 0.15) is 5.69 Å². The third kappa shape index (κ3) is 3.25. The number of carbonyl (C=O) groups excluding carboxylic acids is 1. The van der Waals surface area contributed by atoms with Gasteiger partial charge in [0.05, 0.1) is 11.6 Å². The van der Waals surface area contributed by atoms with E-state index in [2.05, 4.69) is 10.4 Å². The molecule has 18 heavy (non-hydrogen) atoms. The van der Waals surface area contributed by atoms with Crippen LogP contribution < -0.4 is 5.32 Å². The molecule has 1 aliphatic rings. The molecule has 1 N–H and O–H groups in total. The van der Waals surface area contributed by atoms with E-state index in [4.69, 9.17) is 11.6 Å². The summed E-state index contributed by atoms with van der Waals surface area (Å²) in [6.45, 7) is 3.23. The molecular weight excluding hydrogens is 250 g/mol. The zero-order valence-corrected chi connectivity index (χ0v) is 11.5. The number of aromatic nitrogens is 2.